The maximum atomic E-state index is 11.8. The summed E-state index contributed by atoms with van der Waals surface area (Å²) in [7, 11) is 0. The molecule has 0 aliphatic heterocycles. The van der Waals surface area contributed by atoms with Gasteiger partial charge >= 0.3 is 12.0 Å². The Morgan fingerprint density at radius 1 is 1.38 bits per heavy atom. The molecule has 0 aromatic carbocycles. The first kappa shape index (κ1) is 16.1. The van der Waals surface area contributed by atoms with Gasteiger partial charge in [0, 0.05) is 17.5 Å². The lowest BCUT2D eigenvalue weighted by atomic mass is 9.86. The van der Waals surface area contributed by atoms with Crippen molar-refractivity contribution in [2.75, 3.05) is 6.54 Å². The molecule has 1 fully saturated rings. The maximum absolute atomic E-state index is 11.8. The highest BCUT2D eigenvalue weighted by molar-refractivity contribution is 7.16. The fourth-order valence-electron chi connectivity index (χ4n) is 2.57. The molecular formula is C14H19ClN2O3S. The SMILES string of the molecule is O=C(NCCc1ccc(Cl)s1)NC1CCCC(C(=O)O)C1. The molecule has 0 spiro atoms. The average Bonchev–Trinajstić information content (AvgIpc) is 2.84. The van der Waals surface area contributed by atoms with Gasteiger partial charge in [0.25, 0.3) is 0 Å². The summed E-state index contributed by atoms with van der Waals surface area (Å²) < 4.78 is 0.747. The first-order valence-corrected chi connectivity index (χ1v) is 8.25. The van der Waals surface area contributed by atoms with Crippen LogP contribution in [0.4, 0.5) is 4.79 Å². The number of amides is 2. The predicted octanol–water partition coefficient (Wildman–Crippen LogP) is 2.89. The van der Waals surface area contributed by atoms with Gasteiger partial charge in [-0.2, -0.15) is 0 Å². The smallest absolute Gasteiger partial charge is 0.315 e. The van der Waals surface area contributed by atoms with E-state index in [9.17, 15) is 9.59 Å². The van der Waals surface area contributed by atoms with Gasteiger partial charge in [-0.1, -0.05) is 18.0 Å². The summed E-state index contributed by atoms with van der Waals surface area (Å²) in [5.74, 6) is -1.10. The Morgan fingerprint density at radius 2 is 2.19 bits per heavy atom. The lowest BCUT2D eigenvalue weighted by molar-refractivity contribution is -0.143. The zero-order valence-corrected chi connectivity index (χ0v) is 13.2. The Balaban J connectivity index is 1.68. The molecule has 5 nitrogen and oxygen atoms in total. The van der Waals surface area contributed by atoms with Gasteiger partial charge in [-0.15, -0.1) is 11.3 Å². The minimum absolute atomic E-state index is 0.0453. The van der Waals surface area contributed by atoms with E-state index in [-0.39, 0.29) is 18.0 Å². The van der Waals surface area contributed by atoms with Gasteiger partial charge in [0.15, 0.2) is 0 Å². The van der Waals surface area contributed by atoms with Gasteiger partial charge in [-0.25, -0.2) is 4.79 Å². The summed E-state index contributed by atoms with van der Waals surface area (Å²) in [4.78, 5) is 23.9. The second-order valence-corrected chi connectivity index (χ2v) is 7.05. The van der Waals surface area contributed by atoms with Gasteiger partial charge in [0.2, 0.25) is 0 Å². The summed E-state index contributed by atoms with van der Waals surface area (Å²) in [6, 6.07) is 3.52. The monoisotopic (exact) mass is 330 g/mol. The van der Waals surface area contributed by atoms with Crippen LogP contribution in [0.5, 0.6) is 0 Å². The van der Waals surface area contributed by atoms with E-state index in [0.717, 1.165) is 28.5 Å². The highest BCUT2D eigenvalue weighted by atomic mass is 35.5. The Labute approximate surface area is 132 Å². The van der Waals surface area contributed by atoms with Crippen molar-refractivity contribution in [1.82, 2.24) is 10.6 Å². The number of carbonyl (C=O) groups excluding carboxylic acids is 1. The number of hydrogen-bond acceptors (Lipinski definition) is 3. The van der Waals surface area contributed by atoms with Crippen LogP contribution < -0.4 is 10.6 Å². The first-order valence-electron chi connectivity index (χ1n) is 7.06. The second-order valence-electron chi connectivity index (χ2n) is 5.25. The molecule has 21 heavy (non-hydrogen) atoms. The van der Waals surface area contributed by atoms with Gasteiger partial charge in [0.1, 0.15) is 0 Å². The number of urea groups is 1. The number of nitrogens with one attached hydrogen (secondary N) is 2. The highest BCUT2D eigenvalue weighted by Gasteiger charge is 2.27. The van der Waals surface area contributed by atoms with Gasteiger partial charge < -0.3 is 15.7 Å². The zero-order valence-electron chi connectivity index (χ0n) is 11.6. The van der Waals surface area contributed by atoms with Crippen LogP contribution in [0.25, 0.3) is 0 Å². The molecule has 2 atom stereocenters. The topological polar surface area (TPSA) is 78.4 Å². The van der Waals surface area contributed by atoms with E-state index in [1.807, 2.05) is 12.1 Å². The molecule has 2 unspecified atom stereocenters. The average molecular weight is 331 g/mol. The summed E-state index contributed by atoms with van der Waals surface area (Å²) in [5, 5.41) is 14.7. The van der Waals surface area contributed by atoms with Crippen LogP contribution in [0.15, 0.2) is 12.1 Å². The summed E-state index contributed by atoms with van der Waals surface area (Å²) in [5.41, 5.74) is 0. The van der Waals surface area contributed by atoms with Crippen LogP contribution in [0.3, 0.4) is 0 Å². The molecule has 1 aromatic heterocycles. The van der Waals surface area contributed by atoms with E-state index in [0.29, 0.717) is 19.4 Å². The number of thiophene rings is 1. The number of hydrogen-bond donors (Lipinski definition) is 3. The molecule has 0 bridgehead atoms. The lowest BCUT2D eigenvalue weighted by Crippen LogP contribution is -2.45. The predicted molar refractivity (Wildman–Crippen MR) is 82.9 cm³/mol. The van der Waals surface area contributed by atoms with Crippen molar-refractivity contribution in [3.8, 4) is 0 Å². The molecule has 1 saturated carbocycles. The van der Waals surface area contributed by atoms with Crippen molar-refractivity contribution in [2.45, 2.75) is 38.1 Å². The van der Waals surface area contributed by atoms with E-state index in [1.165, 1.54) is 11.3 Å². The molecule has 3 N–H and O–H groups in total. The van der Waals surface area contributed by atoms with Crippen molar-refractivity contribution in [2.24, 2.45) is 5.92 Å². The summed E-state index contributed by atoms with van der Waals surface area (Å²) in [6.45, 7) is 0.539. The third-order valence-corrected chi connectivity index (χ3v) is 4.94. The van der Waals surface area contributed by atoms with Crippen LogP contribution in [-0.4, -0.2) is 29.7 Å². The fraction of sp³-hybridized carbons (Fsp3) is 0.571. The molecule has 7 heteroatoms. The fourth-order valence-corrected chi connectivity index (χ4v) is 3.65. The molecule has 2 amide bonds. The van der Waals surface area contributed by atoms with Crippen molar-refractivity contribution in [3.63, 3.8) is 0 Å². The number of aliphatic carboxylic acids is 1. The van der Waals surface area contributed by atoms with Gasteiger partial charge in [-0.3, -0.25) is 4.79 Å². The van der Waals surface area contributed by atoms with Crippen molar-refractivity contribution >= 4 is 34.9 Å². The van der Waals surface area contributed by atoms with Crippen molar-refractivity contribution in [3.05, 3.63) is 21.3 Å². The highest BCUT2D eigenvalue weighted by Crippen LogP contribution is 2.24. The molecule has 116 valence electrons. The standard InChI is InChI=1S/C14H19ClN2O3S/c15-12-5-4-11(21-12)6-7-16-14(20)17-10-3-1-2-9(8-10)13(18)19/h4-5,9-10H,1-3,6-8H2,(H,18,19)(H2,16,17,20). The van der Waals surface area contributed by atoms with Gasteiger partial charge in [0.05, 0.1) is 10.3 Å². The third kappa shape index (κ3) is 5.21. The second kappa shape index (κ2) is 7.66. The van der Waals surface area contributed by atoms with Gasteiger partial charge in [-0.05, 0) is 37.8 Å². The quantitative estimate of drug-likeness (QED) is 0.776. The number of carboxylic acid groups (broad SMARTS) is 1. The number of halogens is 1. The summed E-state index contributed by atoms with van der Waals surface area (Å²) >= 11 is 7.35. The normalized spacial score (nSPS) is 21.8. The summed E-state index contributed by atoms with van der Waals surface area (Å²) in [6.07, 6.45) is 3.65. The Bertz CT molecular complexity index is 506. The van der Waals surface area contributed by atoms with Crippen LogP contribution in [0.1, 0.15) is 30.6 Å². The minimum Gasteiger partial charge on any atom is -0.481 e. The maximum Gasteiger partial charge on any atom is 0.315 e. The largest absolute Gasteiger partial charge is 0.481 e. The van der Waals surface area contributed by atoms with Crippen molar-refractivity contribution in [1.29, 1.82) is 0 Å². The third-order valence-electron chi connectivity index (χ3n) is 3.64. The first-order chi connectivity index (χ1) is 10.0. The Kier molecular flexibility index (Phi) is 5.87. The van der Waals surface area contributed by atoms with E-state index >= 15 is 0 Å². The van der Waals surface area contributed by atoms with E-state index in [1.54, 1.807) is 0 Å². The molecule has 1 aromatic rings. The van der Waals surface area contributed by atoms with Crippen LogP contribution >= 0.6 is 22.9 Å². The number of carbonyl (C=O) groups is 2. The van der Waals surface area contributed by atoms with Crippen LogP contribution in [-0.2, 0) is 11.2 Å². The van der Waals surface area contributed by atoms with E-state index in [2.05, 4.69) is 10.6 Å². The van der Waals surface area contributed by atoms with Crippen molar-refractivity contribution < 1.29 is 14.7 Å². The van der Waals surface area contributed by atoms with E-state index in [4.69, 9.17) is 16.7 Å². The van der Waals surface area contributed by atoms with Crippen LogP contribution in [0.2, 0.25) is 4.34 Å². The Hall–Kier alpha value is -1.27. The molecular weight excluding hydrogens is 312 g/mol. The molecule has 1 aliphatic carbocycles. The number of rotatable bonds is 5. The zero-order chi connectivity index (χ0) is 15.2. The Morgan fingerprint density at radius 3 is 2.86 bits per heavy atom. The lowest BCUT2D eigenvalue weighted by Gasteiger charge is -2.27. The molecule has 0 saturated heterocycles. The minimum atomic E-state index is -0.767. The molecule has 2 rings (SSSR count). The molecule has 1 aliphatic rings. The number of carboxylic acids is 1. The molecule has 1 heterocycles. The van der Waals surface area contributed by atoms with Crippen LogP contribution in [0, 0.1) is 5.92 Å². The molecule has 0 radical (unpaired) electrons. The van der Waals surface area contributed by atoms with E-state index < -0.39 is 5.97 Å².